The number of ether oxygens (including phenoxy) is 1. The van der Waals surface area contributed by atoms with Crippen LogP contribution in [0.25, 0.3) is 11.3 Å². The molecule has 3 aliphatic rings. The topological polar surface area (TPSA) is 87.7 Å². The van der Waals surface area contributed by atoms with Gasteiger partial charge >= 0.3 is 6.03 Å². The summed E-state index contributed by atoms with van der Waals surface area (Å²) < 4.78 is 32.9. The van der Waals surface area contributed by atoms with Crippen molar-refractivity contribution in [2.24, 2.45) is 5.41 Å². The molecule has 1 aromatic carbocycles. The van der Waals surface area contributed by atoms with Crippen LogP contribution in [-0.2, 0) is 4.79 Å². The van der Waals surface area contributed by atoms with E-state index in [1.54, 1.807) is 31.3 Å². The van der Waals surface area contributed by atoms with Gasteiger partial charge in [0.05, 0.1) is 16.8 Å². The van der Waals surface area contributed by atoms with E-state index < -0.39 is 36.1 Å². The molecular formula is C31H33F2N5O3. The molecule has 6 rings (SSSR count). The first-order valence-corrected chi connectivity index (χ1v) is 14.0. The highest BCUT2D eigenvalue weighted by Crippen LogP contribution is 2.57. The van der Waals surface area contributed by atoms with Crippen LogP contribution >= 0.6 is 0 Å². The zero-order valence-electron chi connectivity index (χ0n) is 23.2. The standard InChI is InChI=1S/C31H33F2N5O3/c1-20-26(7-8-27(35-20)36-29(40)38-16-12-30(28(38)39)18-31(32,33)19-30)41-24-9-13-34-25(17-24)23-5-3-21(4-6-23)22-10-14-37(2)15-11-22/h3-9,13,17,22H,10-12,14-16,18-19H2,1-2H3,(H,35,36,40). The molecule has 0 bridgehead atoms. The van der Waals surface area contributed by atoms with Crippen molar-refractivity contribution in [1.82, 2.24) is 19.8 Å². The van der Waals surface area contributed by atoms with Crippen LogP contribution in [0.15, 0.2) is 54.7 Å². The summed E-state index contributed by atoms with van der Waals surface area (Å²) in [4.78, 5) is 37.7. The quantitative estimate of drug-likeness (QED) is 0.397. The number of anilines is 1. The van der Waals surface area contributed by atoms with Crippen molar-refractivity contribution in [1.29, 1.82) is 0 Å². The van der Waals surface area contributed by atoms with E-state index >= 15 is 0 Å². The van der Waals surface area contributed by atoms with E-state index in [4.69, 9.17) is 4.74 Å². The molecule has 3 amide bonds. The van der Waals surface area contributed by atoms with E-state index in [9.17, 15) is 18.4 Å². The van der Waals surface area contributed by atoms with Gasteiger partial charge < -0.3 is 9.64 Å². The van der Waals surface area contributed by atoms with Gasteiger partial charge in [0, 0.05) is 37.2 Å². The molecule has 3 aromatic rings. The number of halogens is 2. The molecule has 1 N–H and O–H groups in total. The van der Waals surface area contributed by atoms with Crippen molar-refractivity contribution in [2.45, 2.75) is 50.9 Å². The molecule has 3 fully saturated rings. The van der Waals surface area contributed by atoms with Crippen LogP contribution in [0, 0.1) is 12.3 Å². The summed E-state index contributed by atoms with van der Waals surface area (Å²) in [5.41, 5.74) is 2.58. The Morgan fingerprint density at radius 3 is 2.46 bits per heavy atom. The van der Waals surface area contributed by atoms with E-state index in [1.165, 1.54) is 18.4 Å². The highest BCUT2D eigenvalue weighted by atomic mass is 19.3. The number of rotatable bonds is 5. The van der Waals surface area contributed by atoms with Gasteiger partial charge in [-0.25, -0.2) is 18.6 Å². The van der Waals surface area contributed by atoms with E-state index in [0.717, 1.165) is 29.2 Å². The van der Waals surface area contributed by atoms with Crippen LogP contribution in [-0.4, -0.2) is 64.3 Å². The maximum Gasteiger partial charge on any atom is 0.329 e. The largest absolute Gasteiger partial charge is 0.455 e. The normalized spacial score (nSPS) is 20.2. The van der Waals surface area contributed by atoms with Gasteiger partial charge in [0.1, 0.15) is 17.3 Å². The first kappa shape index (κ1) is 27.3. The summed E-state index contributed by atoms with van der Waals surface area (Å²) in [6.07, 6.45) is 3.31. The summed E-state index contributed by atoms with van der Waals surface area (Å²) in [6, 6.07) is 14.8. The average Bonchev–Trinajstić information content (AvgIpc) is 3.26. The summed E-state index contributed by atoms with van der Waals surface area (Å²) in [7, 11) is 2.17. The second kappa shape index (κ2) is 10.5. The number of carbonyl (C=O) groups excluding carboxylic acids is 2. The van der Waals surface area contributed by atoms with Crippen LogP contribution < -0.4 is 10.1 Å². The Bertz CT molecular complexity index is 1460. The Hall–Kier alpha value is -3.92. The number of piperidine rings is 1. The van der Waals surface area contributed by atoms with E-state index in [-0.39, 0.29) is 18.8 Å². The third kappa shape index (κ3) is 5.53. The highest BCUT2D eigenvalue weighted by Gasteiger charge is 2.64. The number of benzene rings is 1. The SMILES string of the molecule is Cc1nc(NC(=O)N2CCC3(CC(F)(F)C3)C2=O)ccc1Oc1ccnc(-c2ccc(C3CCN(C)CC3)cc2)c1. The van der Waals surface area contributed by atoms with Gasteiger partial charge in [0.15, 0.2) is 0 Å². The maximum atomic E-state index is 13.4. The van der Waals surface area contributed by atoms with Crippen molar-refractivity contribution < 1.29 is 23.1 Å². The van der Waals surface area contributed by atoms with Crippen molar-refractivity contribution in [2.75, 3.05) is 32.0 Å². The maximum absolute atomic E-state index is 13.4. The first-order valence-electron chi connectivity index (χ1n) is 14.0. The lowest BCUT2D eigenvalue weighted by molar-refractivity contribution is -0.176. The van der Waals surface area contributed by atoms with Crippen LogP contribution in [0.3, 0.4) is 0 Å². The minimum absolute atomic E-state index is 0.117. The van der Waals surface area contributed by atoms with Crippen LogP contribution in [0.4, 0.5) is 19.4 Å². The predicted molar refractivity (Wildman–Crippen MR) is 150 cm³/mol. The summed E-state index contributed by atoms with van der Waals surface area (Å²) in [5, 5.41) is 2.61. The number of aryl methyl sites for hydroxylation is 1. The number of carbonyl (C=O) groups is 2. The fraction of sp³-hybridized carbons (Fsp3) is 0.419. The fourth-order valence-electron chi connectivity index (χ4n) is 6.21. The summed E-state index contributed by atoms with van der Waals surface area (Å²) >= 11 is 0. The molecule has 0 radical (unpaired) electrons. The lowest BCUT2D eigenvalue weighted by Crippen LogP contribution is -2.52. The van der Waals surface area contributed by atoms with Crippen molar-refractivity contribution in [3.05, 3.63) is 66.0 Å². The smallest absolute Gasteiger partial charge is 0.329 e. The van der Waals surface area contributed by atoms with E-state index in [0.29, 0.717) is 23.1 Å². The molecule has 1 aliphatic carbocycles. The molecule has 1 spiro atoms. The summed E-state index contributed by atoms with van der Waals surface area (Å²) in [5.74, 6) is -1.43. The van der Waals surface area contributed by atoms with Crippen LogP contribution in [0.5, 0.6) is 11.5 Å². The fourth-order valence-corrected chi connectivity index (χ4v) is 6.21. The third-order valence-corrected chi connectivity index (χ3v) is 8.58. The van der Waals surface area contributed by atoms with Crippen LogP contribution in [0.1, 0.15) is 49.3 Å². The van der Waals surface area contributed by atoms with E-state index in [2.05, 4.69) is 51.5 Å². The Morgan fingerprint density at radius 1 is 1.05 bits per heavy atom. The van der Waals surface area contributed by atoms with Gasteiger partial charge in [-0.2, -0.15) is 0 Å². The van der Waals surface area contributed by atoms with E-state index in [1.807, 2.05) is 6.07 Å². The van der Waals surface area contributed by atoms with Gasteiger partial charge in [-0.3, -0.25) is 20.0 Å². The highest BCUT2D eigenvalue weighted by molar-refractivity contribution is 6.04. The molecule has 1 saturated carbocycles. The first-order chi connectivity index (χ1) is 19.6. The molecule has 41 heavy (non-hydrogen) atoms. The Labute approximate surface area is 237 Å². The van der Waals surface area contributed by atoms with Crippen molar-refractivity contribution >= 4 is 17.8 Å². The number of alkyl halides is 2. The lowest BCUT2D eigenvalue weighted by Gasteiger charge is -2.42. The number of aromatic nitrogens is 2. The van der Waals surface area contributed by atoms with Crippen molar-refractivity contribution in [3.63, 3.8) is 0 Å². The monoisotopic (exact) mass is 561 g/mol. The Morgan fingerprint density at radius 2 is 1.78 bits per heavy atom. The molecule has 10 heteroatoms. The summed E-state index contributed by atoms with van der Waals surface area (Å²) in [6.45, 7) is 4.11. The minimum atomic E-state index is -2.83. The number of hydrogen-bond acceptors (Lipinski definition) is 6. The number of amides is 3. The van der Waals surface area contributed by atoms with Gasteiger partial charge in [0.25, 0.3) is 0 Å². The number of likely N-dealkylation sites (tertiary alicyclic amines) is 2. The zero-order chi connectivity index (χ0) is 28.8. The molecule has 2 saturated heterocycles. The molecule has 2 aliphatic heterocycles. The number of imide groups is 1. The number of urea groups is 1. The molecule has 0 unspecified atom stereocenters. The lowest BCUT2D eigenvalue weighted by atomic mass is 9.65. The Kier molecular flexibility index (Phi) is 6.97. The zero-order valence-corrected chi connectivity index (χ0v) is 23.2. The van der Waals surface area contributed by atoms with Crippen LogP contribution in [0.2, 0.25) is 0 Å². The van der Waals surface area contributed by atoms with Crippen molar-refractivity contribution in [3.8, 4) is 22.8 Å². The number of nitrogens with zero attached hydrogens (tertiary/aromatic N) is 4. The Balaban J connectivity index is 1.09. The average molecular weight is 562 g/mol. The predicted octanol–water partition coefficient (Wildman–Crippen LogP) is 6.23. The molecule has 8 nitrogen and oxygen atoms in total. The minimum Gasteiger partial charge on any atom is -0.455 e. The second-order valence-electron chi connectivity index (χ2n) is 11.6. The number of nitrogens with one attached hydrogen (secondary N) is 1. The van der Waals surface area contributed by atoms with Gasteiger partial charge in [-0.1, -0.05) is 24.3 Å². The molecule has 0 atom stereocenters. The third-order valence-electron chi connectivity index (χ3n) is 8.58. The second-order valence-corrected chi connectivity index (χ2v) is 11.6. The molecule has 4 heterocycles. The molecular weight excluding hydrogens is 528 g/mol. The molecule has 214 valence electrons. The van der Waals surface area contributed by atoms with Gasteiger partial charge in [-0.15, -0.1) is 0 Å². The van der Waals surface area contributed by atoms with Gasteiger partial charge in [-0.05, 0) is 76.0 Å². The number of pyridine rings is 2. The molecule has 2 aromatic heterocycles. The van der Waals surface area contributed by atoms with Gasteiger partial charge in [0.2, 0.25) is 11.8 Å². The number of hydrogen-bond donors (Lipinski definition) is 1.